The van der Waals surface area contributed by atoms with Crippen molar-refractivity contribution in [1.29, 1.82) is 0 Å². The van der Waals surface area contributed by atoms with Gasteiger partial charge in [-0.1, -0.05) is 23.9 Å². The Kier molecular flexibility index (Phi) is 8.43. The van der Waals surface area contributed by atoms with E-state index < -0.39 is 5.97 Å². The second-order valence-corrected chi connectivity index (χ2v) is 8.24. The van der Waals surface area contributed by atoms with Gasteiger partial charge in [-0.3, -0.25) is 9.59 Å². The lowest BCUT2D eigenvalue weighted by atomic mass is 9.96. The van der Waals surface area contributed by atoms with Crippen molar-refractivity contribution in [1.82, 2.24) is 15.3 Å². The van der Waals surface area contributed by atoms with Crippen molar-refractivity contribution in [3.8, 4) is 0 Å². The summed E-state index contributed by atoms with van der Waals surface area (Å²) in [6.07, 6.45) is 3.04. The standard InChI is InChI=1S/C22H27N5O4S/c1-3-23-21(29)15-8-10-27(11-9-15)18-12-20(25-14-24-18)32-13-19(28)26-17-7-5-4-6-16(17)22(30)31-2/h4-7,12,14-15H,3,8-11,13H2,1-2H3,(H,23,29)(H,26,28). The molecular weight excluding hydrogens is 430 g/mol. The molecular formula is C22H27N5O4S. The first kappa shape index (κ1) is 23.5. The van der Waals surface area contributed by atoms with E-state index in [1.54, 1.807) is 24.3 Å². The Morgan fingerprint density at radius 3 is 2.66 bits per heavy atom. The van der Waals surface area contributed by atoms with Gasteiger partial charge in [0, 0.05) is 31.6 Å². The van der Waals surface area contributed by atoms with Gasteiger partial charge in [-0.25, -0.2) is 14.8 Å². The third-order valence-corrected chi connectivity index (χ3v) is 6.05. The Bertz CT molecular complexity index is 963. The number of para-hydroxylation sites is 1. The molecule has 1 aliphatic heterocycles. The molecule has 0 unspecified atom stereocenters. The number of nitrogens with zero attached hydrogens (tertiary/aromatic N) is 3. The molecule has 2 amide bonds. The maximum Gasteiger partial charge on any atom is 0.339 e. The quantitative estimate of drug-likeness (QED) is 0.353. The van der Waals surface area contributed by atoms with Gasteiger partial charge in [0.1, 0.15) is 17.2 Å². The lowest BCUT2D eigenvalue weighted by Crippen LogP contribution is -2.40. The molecule has 2 aromatic rings. The topological polar surface area (TPSA) is 114 Å². The van der Waals surface area contributed by atoms with Crippen molar-refractivity contribution in [2.24, 2.45) is 5.92 Å². The zero-order chi connectivity index (χ0) is 22.9. The number of methoxy groups -OCH3 is 1. The number of anilines is 2. The number of benzene rings is 1. The zero-order valence-corrected chi connectivity index (χ0v) is 19.0. The zero-order valence-electron chi connectivity index (χ0n) is 18.2. The summed E-state index contributed by atoms with van der Waals surface area (Å²) in [5, 5.41) is 6.31. The molecule has 1 aromatic heterocycles. The fourth-order valence-corrected chi connectivity index (χ4v) is 4.14. The number of aromatic nitrogens is 2. The Hall–Kier alpha value is -3.14. The number of hydrogen-bond donors (Lipinski definition) is 2. The number of piperidine rings is 1. The molecule has 1 aliphatic rings. The van der Waals surface area contributed by atoms with Crippen LogP contribution >= 0.6 is 11.8 Å². The number of rotatable bonds is 8. The minimum atomic E-state index is -0.509. The van der Waals surface area contributed by atoms with Crippen LogP contribution in [-0.4, -0.2) is 60.2 Å². The Labute approximate surface area is 191 Å². The van der Waals surface area contributed by atoms with E-state index in [2.05, 4.69) is 25.5 Å². The van der Waals surface area contributed by atoms with E-state index in [-0.39, 0.29) is 23.5 Å². The fraction of sp³-hybridized carbons (Fsp3) is 0.409. The molecule has 9 nitrogen and oxygen atoms in total. The van der Waals surface area contributed by atoms with E-state index >= 15 is 0 Å². The Morgan fingerprint density at radius 1 is 1.19 bits per heavy atom. The molecule has 0 bridgehead atoms. The van der Waals surface area contributed by atoms with Crippen LogP contribution in [0.5, 0.6) is 0 Å². The number of carbonyl (C=O) groups excluding carboxylic acids is 3. The predicted octanol–water partition coefficient (Wildman–Crippen LogP) is 2.35. The number of esters is 1. The van der Waals surface area contributed by atoms with Gasteiger partial charge in [0.15, 0.2) is 0 Å². The van der Waals surface area contributed by atoms with Gasteiger partial charge in [0.25, 0.3) is 0 Å². The normalized spacial score (nSPS) is 14.0. The first-order valence-corrected chi connectivity index (χ1v) is 11.4. The molecule has 1 fully saturated rings. The van der Waals surface area contributed by atoms with Crippen molar-refractivity contribution in [2.45, 2.75) is 24.8 Å². The lowest BCUT2D eigenvalue weighted by Gasteiger charge is -2.32. The van der Waals surface area contributed by atoms with Crippen molar-refractivity contribution in [2.75, 3.05) is 42.7 Å². The number of carbonyl (C=O) groups is 3. The average Bonchev–Trinajstić information content (AvgIpc) is 2.83. The second-order valence-electron chi connectivity index (χ2n) is 7.24. The summed E-state index contributed by atoms with van der Waals surface area (Å²) >= 11 is 1.29. The third kappa shape index (κ3) is 6.19. The van der Waals surface area contributed by atoms with Gasteiger partial charge in [0.05, 0.1) is 24.1 Å². The molecule has 10 heteroatoms. The van der Waals surface area contributed by atoms with Crippen LogP contribution in [0.15, 0.2) is 41.7 Å². The van der Waals surface area contributed by atoms with Gasteiger partial charge in [0.2, 0.25) is 11.8 Å². The predicted molar refractivity (Wildman–Crippen MR) is 123 cm³/mol. The number of ether oxygens (including phenoxy) is 1. The van der Waals surface area contributed by atoms with Gasteiger partial charge in [-0.2, -0.15) is 0 Å². The van der Waals surface area contributed by atoms with Crippen molar-refractivity contribution in [3.05, 3.63) is 42.2 Å². The highest BCUT2D eigenvalue weighted by Gasteiger charge is 2.25. The first-order valence-electron chi connectivity index (χ1n) is 10.5. The van der Waals surface area contributed by atoms with E-state index in [1.807, 2.05) is 13.0 Å². The summed E-state index contributed by atoms with van der Waals surface area (Å²) in [5.41, 5.74) is 0.706. The highest BCUT2D eigenvalue weighted by Crippen LogP contribution is 2.25. The lowest BCUT2D eigenvalue weighted by molar-refractivity contribution is -0.125. The second kappa shape index (κ2) is 11.5. The third-order valence-electron chi connectivity index (χ3n) is 5.13. The van der Waals surface area contributed by atoms with Crippen LogP contribution in [-0.2, 0) is 14.3 Å². The number of amides is 2. The van der Waals surface area contributed by atoms with E-state index in [9.17, 15) is 14.4 Å². The Morgan fingerprint density at radius 2 is 1.94 bits per heavy atom. The molecule has 2 heterocycles. The number of thioether (sulfide) groups is 1. The summed E-state index contributed by atoms with van der Waals surface area (Å²) in [6, 6.07) is 8.55. The molecule has 3 rings (SSSR count). The van der Waals surface area contributed by atoms with Crippen LogP contribution in [0.2, 0.25) is 0 Å². The molecule has 0 radical (unpaired) electrons. The maximum absolute atomic E-state index is 12.4. The van der Waals surface area contributed by atoms with Crippen LogP contribution in [0.4, 0.5) is 11.5 Å². The maximum atomic E-state index is 12.4. The first-order chi connectivity index (χ1) is 15.5. The van der Waals surface area contributed by atoms with Crippen LogP contribution < -0.4 is 15.5 Å². The van der Waals surface area contributed by atoms with E-state index in [4.69, 9.17) is 4.74 Å². The minimum absolute atomic E-state index is 0.0402. The molecule has 0 spiro atoms. The molecule has 170 valence electrons. The van der Waals surface area contributed by atoms with Crippen LogP contribution in [0.3, 0.4) is 0 Å². The van der Waals surface area contributed by atoms with Crippen LogP contribution in [0, 0.1) is 5.92 Å². The SMILES string of the molecule is CCNC(=O)C1CCN(c2cc(SCC(=O)Nc3ccccc3C(=O)OC)ncn2)CC1. The van der Waals surface area contributed by atoms with Gasteiger partial charge in [-0.05, 0) is 31.9 Å². The van der Waals surface area contributed by atoms with Crippen LogP contribution in [0.1, 0.15) is 30.1 Å². The smallest absolute Gasteiger partial charge is 0.339 e. The highest BCUT2D eigenvalue weighted by molar-refractivity contribution is 7.99. The van der Waals surface area contributed by atoms with E-state index in [0.29, 0.717) is 22.8 Å². The molecule has 2 N–H and O–H groups in total. The molecule has 32 heavy (non-hydrogen) atoms. The summed E-state index contributed by atoms with van der Waals surface area (Å²) in [4.78, 5) is 47.0. The summed E-state index contributed by atoms with van der Waals surface area (Å²) < 4.78 is 4.75. The summed E-state index contributed by atoms with van der Waals surface area (Å²) in [5.74, 6) is 0.308. The van der Waals surface area contributed by atoms with Crippen LogP contribution in [0.25, 0.3) is 0 Å². The molecule has 0 saturated carbocycles. The summed E-state index contributed by atoms with van der Waals surface area (Å²) in [7, 11) is 1.30. The highest BCUT2D eigenvalue weighted by atomic mass is 32.2. The van der Waals surface area contributed by atoms with Crippen molar-refractivity contribution >= 4 is 41.1 Å². The summed E-state index contributed by atoms with van der Waals surface area (Å²) in [6.45, 7) is 4.06. The average molecular weight is 458 g/mol. The van der Waals surface area contributed by atoms with E-state index in [0.717, 1.165) is 31.7 Å². The number of hydrogen-bond acceptors (Lipinski definition) is 8. The van der Waals surface area contributed by atoms with Gasteiger partial charge in [-0.15, -0.1) is 0 Å². The largest absolute Gasteiger partial charge is 0.465 e. The van der Waals surface area contributed by atoms with Crippen molar-refractivity contribution < 1.29 is 19.1 Å². The van der Waals surface area contributed by atoms with Gasteiger partial charge >= 0.3 is 5.97 Å². The van der Waals surface area contributed by atoms with Gasteiger partial charge < -0.3 is 20.3 Å². The van der Waals surface area contributed by atoms with E-state index in [1.165, 1.54) is 25.2 Å². The number of nitrogens with one attached hydrogen (secondary N) is 2. The molecule has 1 aromatic carbocycles. The molecule has 0 atom stereocenters. The fourth-order valence-electron chi connectivity index (χ4n) is 3.48. The monoisotopic (exact) mass is 457 g/mol. The molecule has 1 saturated heterocycles. The minimum Gasteiger partial charge on any atom is -0.465 e. The Balaban J connectivity index is 1.54. The van der Waals surface area contributed by atoms with Crippen molar-refractivity contribution in [3.63, 3.8) is 0 Å². The molecule has 0 aliphatic carbocycles.